The number of allylic oxidation sites excluding steroid dienone is 2. The summed E-state index contributed by atoms with van der Waals surface area (Å²) >= 11 is 0. The van der Waals surface area contributed by atoms with Gasteiger partial charge in [-0.25, -0.2) is 4.39 Å². The molecule has 0 saturated carbocycles. The van der Waals surface area contributed by atoms with Crippen LogP contribution in [0.4, 0.5) is 10.1 Å². The summed E-state index contributed by atoms with van der Waals surface area (Å²) in [6.45, 7) is 0. The summed E-state index contributed by atoms with van der Waals surface area (Å²) in [6.07, 6.45) is 0. The summed E-state index contributed by atoms with van der Waals surface area (Å²) < 4.78 is 13.3. The molecule has 0 aromatic heterocycles. The van der Waals surface area contributed by atoms with Gasteiger partial charge in [-0.2, -0.15) is 21.0 Å². The van der Waals surface area contributed by atoms with Gasteiger partial charge in [0.2, 0.25) is 0 Å². The maximum absolute atomic E-state index is 13.3. The van der Waals surface area contributed by atoms with Crippen molar-refractivity contribution in [3.05, 3.63) is 40.8 Å². The van der Waals surface area contributed by atoms with Crippen LogP contribution in [0.1, 0.15) is 5.56 Å². The fraction of sp³-hybridized carbons (Fsp3) is 0. The molecule has 1 N–H and O–H groups in total. The Kier molecular flexibility index (Phi) is 4.00. The van der Waals surface area contributed by atoms with E-state index in [1.165, 1.54) is 24.3 Å². The van der Waals surface area contributed by atoms with Crippen molar-refractivity contribution in [2.24, 2.45) is 0 Å². The molecule has 0 saturated heterocycles. The maximum atomic E-state index is 13.3. The maximum Gasteiger partial charge on any atom is 0.163 e. The largest absolute Gasteiger partial charge is 0.344 e. The van der Waals surface area contributed by atoms with Crippen LogP contribution < -0.4 is 5.32 Å². The summed E-state index contributed by atoms with van der Waals surface area (Å²) in [5.74, 6) is -0.754. The van der Waals surface area contributed by atoms with Gasteiger partial charge in [-0.15, -0.1) is 0 Å². The first-order valence-electron chi connectivity index (χ1n) is 4.58. The predicted octanol–water partition coefficient (Wildman–Crippen LogP) is 1.93. The lowest BCUT2D eigenvalue weighted by Crippen LogP contribution is -2.03. The molecule has 0 fully saturated rings. The lowest BCUT2D eigenvalue weighted by atomic mass is 10.1. The molecule has 0 atom stereocenters. The van der Waals surface area contributed by atoms with Crippen molar-refractivity contribution >= 4 is 5.69 Å². The van der Waals surface area contributed by atoms with E-state index in [0.717, 1.165) is 6.07 Å². The molecule has 0 aliphatic rings. The number of halogens is 1. The smallest absolute Gasteiger partial charge is 0.163 e. The summed E-state index contributed by atoms with van der Waals surface area (Å²) in [4.78, 5) is 0. The Bertz CT molecular complexity index is 660. The summed E-state index contributed by atoms with van der Waals surface area (Å²) in [5, 5.41) is 37.2. The van der Waals surface area contributed by atoms with E-state index in [4.69, 9.17) is 21.0 Å². The van der Waals surface area contributed by atoms with Crippen LogP contribution in [0.5, 0.6) is 0 Å². The van der Waals surface area contributed by atoms with Crippen molar-refractivity contribution in [3.63, 3.8) is 0 Å². The molecular formula is C12H4FN5. The zero-order valence-corrected chi connectivity index (χ0v) is 8.90. The fourth-order valence-corrected chi connectivity index (χ4v) is 1.16. The Morgan fingerprint density at radius 3 is 2.22 bits per heavy atom. The van der Waals surface area contributed by atoms with Gasteiger partial charge in [0.05, 0.1) is 5.69 Å². The molecule has 0 radical (unpaired) electrons. The van der Waals surface area contributed by atoms with Crippen LogP contribution >= 0.6 is 0 Å². The number of hydrogen-bond acceptors (Lipinski definition) is 5. The van der Waals surface area contributed by atoms with Gasteiger partial charge in [0.25, 0.3) is 0 Å². The highest BCUT2D eigenvalue weighted by Gasteiger charge is 2.11. The monoisotopic (exact) mass is 237 g/mol. The van der Waals surface area contributed by atoms with Crippen molar-refractivity contribution in [2.75, 3.05) is 5.32 Å². The molecule has 84 valence electrons. The Morgan fingerprint density at radius 1 is 1.06 bits per heavy atom. The highest BCUT2D eigenvalue weighted by atomic mass is 19.1. The quantitative estimate of drug-likeness (QED) is 0.790. The first-order chi connectivity index (χ1) is 8.67. The third-order valence-electron chi connectivity index (χ3n) is 1.97. The summed E-state index contributed by atoms with van der Waals surface area (Å²) in [5.41, 5.74) is -1.04. The van der Waals surface area contributed by atoms with Crippen molar-refractivity contribution in [2.45, 2.75) is 0 Å². The van der Waals surface area contributed by atoms with E-state index >= 15 is 0 Å². The lowest BCUT2D eigenvalue weighted by molar-refractivity contribution is 0.624. The van der Waals surface area contributed by atoms with E-state index in [9.17, 15) is 4.39 Å². The molecule has 1 aromatic carbocycles. The van der Waals surface area contributed by atoms with Crippen LogP contribution in [-0.4, -0.2) is 0 Å². The van der Waals surface area contributed by atoms with Gasteiger partial charge < -0.3 is 5.32 Å². The summed E-state index contributed by atoms with van der Waals surface area (Å²) in [7, 11) is 0. The molecular weight excluding hydrogens is 233 g/mol. The van der Waals surface area contributed by atoms with Crippen LogP contribution in [0.15, 0.2) is 29.5 Å². The molecule has 0 bridgehead atoms. The molecule has 18 heavy (non-hydrogen) atoms. The normalized spacial score (nSPS) is 8.06. The second kappa shape index (κ2) is 5.66. The zero-order chi connectivity index (χ0) is 13.5. The zero-order valence-electron chi connectivity index (χ0n) is 8.90. The average molecular weight is 237 g/mol. The van der Waals surface area contributed by atoms with Gasteiger partial charge >= 0.3 is 0 Å². The van der Waals surface area contributed by atoms with Crippen molar-refractivity contribution in [1.82, 2.24) is 0 Å². The summed E-state index contributed by atoms with van der Waals surface area (Å²) in [6, 6.07) is 10.1. The molecule has 5 nitrogen and oxygen atoms in total. The molecule has 0 spiro atoms. The second-order valence-electron chi connectivity index (χ2n) is 2.98. The average Bonchev–Trinajstić information content (AvgIpc) is 2.39. The Labute approximate surface area is 102 Å². The van der Waals surface area contributed by atoms with Crippen LogP contribution in [-0.2, 0) is 0 Å². The number of nitriles is 4. The molecule has 6 heteroatoms. The van der Waals surface area contributed by atoms with Gasteiger partial charge in [-0.05, 0) is 12.1 Å². The van der Waals surface area contributed by atoms with Crippen LogP contribution in [0.3, 0.4) is 0 Å². The van der Waals surface area contributed by atoms with Crippen molar-refractivity contribution in [1.29, 1.82) is 21.0 Å². The predicted molar refractivity (Wildman–Crippen MR) is 58.6 cm³/mol. The third-order valence-corrected chi connectivity index (χ3v) is 1.97. The molecule has 0 unspecified atom stereocenters. The Hall–Kier alpha value is -3.35. The Balaban J connectivity index is 3.31. The third kappa shape index (κ3) is 2.42. The number of rotatable bonds is 2. The minimum absolute atomic E-state index is 0.0250. The van der Waals surface area contributed by atoms with Gasteiger partial charge in [-0.3, -0.25) is 0 Å². The van der Waals surface area contributed by atoms with E-state index in [-0.39, 0.29) is 16.9 Å². The van der Waals surface area contributed by atoms with Gasteiger partial charge in [0, 0.05) is 0 Å². The van der Waals surface area contributed by atoms with E-state index < -0.39 is 11.4 Å². The topological polar surface area (TPSA) is 107 Å². The Morgan fingerprint density at radius 2 is 1.72 bits per heavy atom. The number of benzene rings is 1. The molecule has 0 aliphatic carbocycles. The van der Waals surface area contributed by atoms with Crippen LogP contribution in [0, 0.1) is 51.1 Å². The standard InChI is InChI=1S/C12H4FN5/c13-10-2-1-3-11(9(10)6-16)18-12(7-17)8(4-14)5-15/h1-3,18H. The number of nitrogens with one attached hydrogen (secondary N) is 1. The number of nitrogens with zero attached hydrogens (tertiary/aromatic N) is 4. The molecule has 0 aliphatic heterocycles. The minimum atomic E-state index is -0.754. The SMILES string of the molecule is N#CC(C#N)=C(C#N)Nc1cccc(F)c1C#N. The highest BCUT2D eigenvalue weighted by molar-refractivity contribution is 5.64. The molecule has 0 heterocycles. The second-order valence-corrected chi connectivity index (χ2v) is 2.98. The van der Waals surface area contributed by atoms with Gasteiger partial charge in [0.1, 0.15) is 41.4 Å². The minimum Gasteiger partial charge on any atom is -0.344 e. The van der Waals surface area contributed by atoms with Crippen molar-refractivity contribution < 1.29 is 4.39 Å². The van der Waals surface area contributed by atoms with E-state index in [1.54, 1.807) is 12.1 Å². The number of anilines is 1. The lowest BCUT2D eigenvalue weighted by Gasteiger charge is -2.06. The van der Waals surface area contributed by atoms with Crippen LogP contribution in [0.2, 0.25) is 0 Å². The van der Waals surface area contributed by atoms with E-state index in [2.05, 4.69) is 5.32 Å². The van der Waals surface area contributed by atoms with Crippen LogP contribution in [0.25, 0.3) is 0 Å². The number of hydrogen-bond donors (Lipinski definition) is 1. The highest BCUT2D eigenvalue weighted by Crippen LogP contribution is 2.20. The molecule has 1 rings (SSSR count). The van der Waals surface area contributed by atoms with Crippen molar-refractivity contribution in [3.8, 4) is 24.3 Å². The fourth-order valence-electron chi connectivity index (χ4n) is 1.16. The first kappa shape index (κ1) is 12.7. The first-order valence-corrected chi connectivity index (χ1v) is 4.58. The van der Waals surface area contributed by atoms with E-state index in [1.807, 2.05) is 0 Å². The molecule has 0 amide bonds. The van der Waals surface area contributed by atoms with Gasteiger partial charge in [-0.1, -0.05) is 6.07 Å². The van der Waals surface area contributed by atoms with Gasteiger partial charge in [0.15, 0.2) is 5.57 Å². The van der Waals surface area contributed by atoms with E-state index in [0.29, 0.717) is 0 Å². The molecule has 1 aromatic rings.